The quantitative estimate of drug-likeness (QED) is 0.701. The molecule has 0 saturated carbocycles. The molecule has 8 nitrogen and oxygen atoms in total. The molecular formula is C20H23N5O3. The lowest BCUT2D eigenvalue weighted by atomic mass is 10.2. The second-order valence-corrected chi connectivity index (χ2v) is 6.93. The molecule has 8 heteroatoms. The van der Waals surface area contributed by atoms with E-state index in [1.165, 1.54) is 0 Å². The van der Waals surface area contributed by atoms with E-state index in [9.17, 15) is 4.79 Å². The maximum atomic E-state index is 12.1. The summed E-state index contributed by atoms with van der Waals surface area (Å²) < 4.78 is 10.6. The highest BCUT2D eigenvalue weighted by molar-refractivity contribution is 5.91. The normalized spacial score (nSPS) is 15.6. The van der Waals surface area contributed by atoms with Gasteiger partial charge >= 0.3 is 0 Å². The molecule has 2 aromatic heterocycles. The molecule has 0 unspecified atom stereocenters. The van der Waals surface area contributed by atoms with E-state index in [1.807, 2.05) is 30.3 Å². The second-order valence-electron chi connectivity index (χ2n) is 6.93. The van der Waals surface area contributed by atoms with Crippen LogP contribution in [0, 0.1) is 6.92 Å². The van der Waals surface area contributed by atoms with Crippen molar-refractivity contribution in [3.8, 4) is 11.5 Å². The number of carbonyl (C=O) groups excluding carboxylic acids is 1. The lowest BCUT2D eigenvalue weighted by Gasteiger charge is -2.33. The minimum absolute atomic E-state index is 0.0780. The Labute approximate surface area is 163 Å². The van der Waals surface area contributed by atoms with Crippen LogP contribution < -0.4 is 5.32 Å². The standard InChI is InChI=1S/C20H23N5O3/c1-15-11-18(23-28-15)22-19(26)13-25-9-7-24(8-10-25)12-17-14-27-20(21-17)16-5-3-2-4-6-16/h2-6,11,14H,7-10,12-13H2,1H3,(H,22,23,26). The van der Waals surface area contributed by atoms with Gasteiger partial charge in [0.2, 0.25) is 11.8 Å². The highest BCUT2D eigenvalue weighted by Gasteiger charge is 2.20. The van der Waals surface area contributed by atoms with Gasteiger partial charge in [0.1, 0.15) is 12.0 Å². The number of rotatable bonds is 6. The van der Waals surface area contributed by atoms with Crippen LogP contribution in [0.25, 0.3) is 11.5 Å². The first-order valence-corrected chi connectivity index (χ1v) is 9.33. The predicted molar refractivity (Wildman–Crippen MR) is 104 cm³/mol. The number of carbonyl (C=O) groups is 1. The summed E-state index contributed by atoms with van der Waals surface area (Å²) in [6, 6.07) is 11.6. The number of aryl methyl sites for hydroxylation is 1. The SMILES string of the molecule is Cc1cc(NC(=O)CN2CCN(Cc3coc(-c4ccccc4)n3)CC2)no1. The summed E-state index contributed by atoms with van der Waals surface area (Å²) >= 11 is 0. The summed E-state index contributed by atoms with van der Waals surface area (Å²) in [6.45, 7) is 6.30. The van der Waals surface area contributed by atoms with E-state index in [2.05, 4.69) is 25.3 Å². The largest absolute Gasteiger partial charge is 0.444 e. The lowest BCUT2D eigenvalue weighted by molar-refractivity contribution is -0.117. The van der Waals surface area contributed by atoms with Crippen LogP contribution in [0.4, 0.5) is 5.82 Å². The van der Waals surface area contributed by atoms with Gasteiger partial charge < -0.3 is 14.3 Å². The van der Waals surface area contributed by atoms with E-state index in [4.69, 9.17) is 8.94 Å². The Morgan fingerprint density at radius 3 is 2.61 bits per heavy atom. The third kappa shape index (κ3) is 4.65. The molecule has 1 saturated heterocycles. The molecular weight excluding hydrogens is 358 g/mol. The van der Waals surface area contributed by atoms with Gasteiger partial charge in [-0.05, 0) is 19.1 Å². The van der Waals surface area contributed by atoms with Crippen LogP contribution in [0.15, 0.2) is 51.6 Å². The second kappa shape index (κ2) is 8.37. The maximum Gasteiger partial charge on any atom is 0.239 e. The van der Waals surface area contributed by atoms with E-state index in [-0.39, 0.29) is 5.91 Å². The molecule has 1 aliphatic heterocycles. The van der Waals surface area contributed by atoms with Gasteiger partial charge in [0, 0.05) is 44.4 Å². The summed E-state index contributed by atoms with van der Waals surface area (Å²) in [4.78, 5) is 21.2. The van der Waals surface area contributed by atoms with Crippen LogP contribution in [-0.4, -0.2) is 58.6 Å². The van der Waals surface area contributed by atoms with Crippen LogP contribution in [0.5, 0.6) is 0 Å². The summed E-state index contributed by atoms with van der Waals surface area (Å²) in [5, 5.41) is 6.54. The fourth-order valence-corrected chi connectivity index (χ4v) is 3.24. The maximum absolute atomic E-state index is 12.1. The number of anilines is 1. The predicted octanol–water partition coefficient (Wildman–Crippen LogP) is 2.39. The third-order valence-corrected chi connectivity index (χ3v) is 4.69. The van der Waals surface area contributed by atoms with Gasteiger partial charge in [0.25, 0.3) is 0 Å². The number of amides is 1. The summed E-state index contributed by atoms with van der Waals surface area (Å²) in [6.07, 6.45) is 1.72. The Hall–Kier alpha value is -2.97. The molecule has 1 N–H and O–H groups in total. The Kier molecular flexibility index (Phi) is 5.50. The number of benzene rings is 1. The number of piperazine rings is 1. The van der Waals surface area contributed by atoms with Crippen molar-refractivity contribution in [3.05, 3.63) is 54.1 Å². The zero-order valence-corrected chi connectivity index (χ0v) is 15.8. The summed E-state index contributed by atoms with van der Waals surface area (Å²) in [5.41, 5.74) is 1.90. The van der Waals surface area contributed by atoms with Crippen molar-refractivity contribution in [1.82, 2.24) is 19.9 Å². The Morgan fingerprint density at radius 1 is 1.14 bits per heavy atom. The van der Waals surface area contributed by atoms with Gasteiger partial charge in [0.05, 0.1) is 12.2 Å². The molecule has 1 amide bonds. The zero-order chi connectivity index (χ0) is 19.3. The van der Waals surface area contributed by atoms with E-state index in [0.717, 1.165) is 44.0 Å². The first-order chi connectivity index (χ1) is 13.7. The molecule has 4 rings (SSSR count). The fraction of sp³-hybridized carbons (Fsp3) is 0.350. The highest BCUT2D eigenvalue weighted by atomic mass is 16.5. The molecule has 1 fully saturated rings. The van der Waals surface area contributed by atoms with Crippen molar-refractivity contribution in [3.63, 3.8) is 0 Å². The van der Waals surface area contributed by atoms with E-state index < -0.39 is 0 Å². The van der Waals surface area contributed by atoms with Gasteiger partial charge in [-0.25, -0.2) is 4.98 Å². The minimum atomic E-state index is -0.0780. The Balaban J connectivity index is 1.23. The lowest BCUT2D eigenvalue weighted by Crippen LogP contribution is -2.48. The van der Waals surface area contributed by atoms with E-state index >= 15 is 0 Å². The summed E-state index contributed by atoms with van der Waals surface area (Å²) in [7, 11) is 0. The molecule has 3 heterocycles. The molecule has 0 spiro atoms. The van der Waals surface area contributed by atoms with Gasteiger partial charge in [0.15, 0.2) is 5.82 Å². The first-order valence-electron chi connectivity index (χ1n) is 9.33. The van der Waals surface area contributed by atoms with Gasteiger partial charge in [-0.3, -0.25) is 14.6 Å². The molecule has 0 aliphatic carbocycles. The van der Waals surface area contributed by atoms with E-state index in [1.54, 1.807) is 19.3 Å². The number of hydrogen-bond acceptors (Lipinski definition) is 7. The van der Waals surface area contributed by atoms with Crippen molar-refractivity contribution in [2.75, 3.05) is 38.0 Å². The van der Waals surface area contributed by atoms with Gasteiger partial charge in [-0.15, -0.1) is 0 Å². The molecule has 1 aromatic carbocycles. The van der Waals surface area contributed by atoms with Crippen LogP contribution in [0.2, 0.25) is 0 Å². The van der Waals surface area contributed by atoms with Crippen LogP contribution >= 0.6 is 0 Å². The van der Waals surface area contributed by atoms with Crippen molar-refractivity contribution >= 4 is 11.7 Å². The van der Waals surface area contributed by atoms with Crippen molar-refractivity contribution < 1.29 is 13.7 Å². The monoisotopic (exact) mass is 381 g/mol. The van der Waals surface area contributed by atoms with Crippen LogP contribution in [-0.2, 0) is 11.3 Å². The first kappa shape index (κ1) is 18.4. The highest BCUT2D eigenvalue weighted by Crippen LogP contribution is 2.19. The average molecular weight is 381 g/mol. The Bertz CT molecular complexity index is 913. The average Bonchev–Trinajstić information content (AvgIpc) is 3.33. The smallest absolute Gasteiger partial charge is 0.239 e. The Morgan fingerprint density at radius 2 is 1.89 bits per heavy atom. The fourth-order valence-electron chi connectivity index (χ4n) is 3.24. The van der Waals surface area contributed by atoms with Crippen molar-refractivity contribution in [2.45, 2.75) is 13.5 Å². The molecule has 28 heavy (non-hydrogen) atoms. The molecule has 146 valence electrons. The number of hydrogen-bond donors (Lipinski definition) is 1. The molecule has 0 radical (unpaired) electrons. The van der Waals surface area contributed by atoms with Crippen molar-refractivity contribution in [2.24, 2.45) is 0 Å². The third-order valence-electron chi connectivity index (χ3n) is 4.69. The number of oxazole rings is 1. The molecule has 3 aromatic rings. The molecule has 0 bridgehead atoms. The van der Waals surface area contributed by atoms with Gasteiger partial charge in [-0.1, -0.05) is 23.4 Å². The number of nitrogens with one attached hydrogen (secondary N) is 1. The van der Waals surface area contributed by atoms with Crippen LogP contribution in [0.3, 0.4) is 0 Å². The summed E-state index contributed by atoms with van der Waals surface area (Å²) in [5.74, 6) is 1.70. The van der Waals surface area contributed by atoms with Crippen molar-refractivity contribution in [1.29, 1.82) is 0 Å². The zero-order valence-electron chi connectivity index (χ0n) is 15.8. The molecule has 0 atom stereocenters. The molecule has 1 aliphatic rings. The minimum Gasteiger partial charge on any atom is -0.444 e. The topological polar surface area (TPSA) is 87.6 Å². The number of aromatic nitrogens is 2. The van der Waals surface area contributed by atoms with Crippen LogP contribution in [0.1, 0.15) is 11.5 Å². The van der Waals surface area contributed by atoms with Gasteiger partial charge in [-0.2, -0.15) is 0 Å². The van der Waals surface area contributed by atoms with E-state index in [0.29, 0.717) is 24.0 Å². The number of nitrogens with zero attached hydrogens (tertiary/aromatic N) is 4.